The van der Waals surface area contributed by atoms with Crippen LogP contribution >= 0.6 is 0 Å². The maximum absolute atomic E-state index is 9.03. The number of hydrogen-bond acceptors (Lipinski definition) is 4. The van der Waals surface area contributed by atoms with E-state index in [4.69, 9.17) is 19.7 Å². The number of rotatable bonds is 16. The summed E-state index contributed by atoms with van der Waals surface area (Å²) in [4.78, 5) is 0. The summed E-state index contributed by atoms with van der Waals surface area (Å²) in [5.74, 6) is 1.78. The Balaban J connectivity index is 1.14. The first-order valence-corrected chi connectivity index (χ1v) is 19.4. The smallest absolute Gasteiger partial charge is 0.119 e. The van der Waals surface area contributed by atoms with E-state index in [9.17, 15) is 0 Å². The van der Waals surface area contributed by atoms with Crippen LogP contribution < -0.4 is 9.47 Å². The van der Waals surface area contributed by atoms with Crippen molar-refractivity contribution in [1.82, 2.24) is 0 Å². The van der Waals surface area contributed by atoms with Gasteiger partial charge in [-0.25, -0.2) is 0 Å². The average Bonchev–Trinajstić information content (AvgIpc) is 3.67. The quantitative estimate of drug-likeness (QED) is 0.0985. The Hall–Kier alpha value is -5.16. The first-order chi connectivity index (χ1) is 26.2. The van der Waals surface area contributed by atoms with Gasteiger partial charge in [0.2, 0.25) is 0 Å². The van der Waals surface area contributed by atoms with Gasteiger partial charge in [0.1, 0.15) is 11.5 Å². The van der Waals surface area contributed by atoms with Gasteiger partial charge in [-0.1, -0.05) is 110 Å². The molecule has 0 atom stereocenters. The number of fused-ring (bicyclic) bond motifs is 10. The summed E-state index contributed by atoms with van der Waals surface area (Å²) < 4.78 is 12.1. The Morgan fingerprint density at radius 2 is 0.736 bits per heavy atom. The molecule has 2 aliphatic rings. The lowest BCUT2D eigenvalue weighted by atomic mass is 9.70. The molecule has 4 nitrogen and oxygen atoms in total. The summed E-state index contributed by atoms with van der Waals surface area (Å²) in [6, 6.07) is 49.0. The van der Waals surface area contributed by atoms with Crippen LogP contribution in [0.25, 0.3) is 44.5 Å². The van der Waals surface area contributed by atoms with Crippen LogP contribution in [0.5, 0.6) is 11.5 Å². The fourth-order valence-electron chi connectivity index (χ4n) is 8.50. The van der Waals surface area contributed by atoms with E-state index >= 15 is 0 Å². The second-order valence-corrected chi connectivity index (χ2v) is 14.4. The highest BCUT2D eigenvalue weighted by molar-refractivity contribution is 5.96. The molecule has 1 spiro atoms. The normalized spacial score (nSPS) is 13.0. The minimum atomic E-state index is -0.442. The van der Waals surface area contributed by atoms with Crippen molar-refractivity contribution in [3.63, 3.8) is 0 Å². The zero-order valence-corrected chi connectivity index (χ0v) is 30.4. The molecule has 53 heavy (non-hydrogen) atoms. The van der Waals surface area contributed by atoms with Crippen molar-refractivity contribution >= 4 is 0 Å². The third kappa shape index (κ3) is 6.67. The zero-order valence-electron chi connectivity index (χ0n) is 30.4. The third-order valence-electron chi connectivity index (χ3n) is 11.1. The summed E-state index contributed by atoms with van der Waals surface area (Å²) >= 11 is 0. The van der Waals surface area contributed by atoms with Gasteiger partial charge in [-0.2, -0.15) is 0 Å². The molecule has 0 aromatic heterocycles. The van der Waals surface area contributed by atoms with Gasteiger partial charge in [0.15, 0.2) is 0 Å². The van der Waals surface area contributed by atoms with Crippen LogP contribution in [0.4, 0.5) is 0 Å². The highest BCUT2D eigenvalue weighted by atomic mass is 16.5. The Morgan fingerprint density at radius 1 is 0.358 bits per heavy atom. The van der Waals surface area contributed by atoms with Crippen molar-refractivity contribution in [1.29, 1.82) is 0 Å². The number of aliphatic hydroxyl groups is 2. The van der Waals surface area contributed by atoms with E-state index in [0.717, 1.165) is 62.9 Å². The molecule has 8 rings (SSSR count). The molecule has 0 fully saturated rings. The second kappa shape index (κ2) is 15.8. The standard InChI is InChI=1S/C49H48O4/c50-29-9-1-3-11-31-52-39-23-17-35(18-24-39)37-21-27-43-41-13-5-7-15-45(41)49(47(43)33-37)46-16-8-6-14-42(46)44-28-22-38(34-48(44)49)36-19-25-40(26-20-36)53-32-12-4-2-10-30-51/h5-8,13-28,33-34,50-51H,1-4,9-12,29-32H2. The summed E-state index contributed by atoms with van der Waals surface area (Å²) in [6.07, 6.45) is 7.92. The Labute approximate surface area is 313 Å². The van der Waals surface area contributed by atoms with Crippen molar-refractivity contribution in [3.05, 3.63) is 156 Å². The molecule has 2 aliphatic carbocycles. The van der Waals surface area contributed by atoms with Gasteiger partial charge in [-0.05, 0) is 142 Å². The van der Waals surface area contributed by atoms with Gasteiger partial charge in [-0.3, -0.25) is 0 Å². The van der Waals surface area contributed by atoms with Crippen LogP contribution in [-0.4, -0.2) is 36.6 Å². The monoisotopic (exact) mass is 700 g/mol. The number of aliphatic hydroxyl groups excluding tert-OH is 2. The number of unbranched alkanes of at least 4 members (excludes halogenated alkanes) is 6. The Morgan fingerprint density at radius 3 is 1.17 bits per heavy atom. The largest absolute Gasteiger partial charge is 0.494 e. The lowest BCUT2D eigenvalue weighted by Crippen LogP contribution is -2.26. The van der Waals surface area contributed by atoms with Crippen molar-refractivity contribution < 1.29 is 19.7 Å². The minimum absolute atomic E-state index is 0.262. The predicted molar refractivity (Wildman–Crippen MR) is 216 cm³/mol. The summed E-state index contributed by atoms with van der Waals surface area (Å²) in [7, 11) is 0. The van der Waals surface area contributed by atoms with Crippen LogP contribution in [-0.2, 0) is 5.41 Å². The Bertz CT molecular complexity index is 2010. The molecule has 0 unspecified atom stereocenters. The highest BCUT2D eigenvalue weighted by Crippen LogP contribution is 2.63. The van der Waals surface area contributed by atoms with E-state index in [-0.39, 0.29) is 13.2 Å². The molecule has 0 radical (unpaired) electrons. The summed E-state index contributed by atoms with van der Waals surface area (Å²) in [6.45, 7) is 1.90. The van der Waals surface area contributed by atoms with Gasteiger partial charge in [0, 0.05) is 13.2 Å². The summed E-state index contributed by atoms with van der Waals surface area (Å²) in [5, 5.41) is 18.1. The van der Waals surface area contributed by atoms with E-state index in [0.29, 0.717) is 13.2 Å². The lowest BCUT2D eigenvalue weighted by molar-refractivity contribution is 0.273. The molecule has 0 heterocycles. The number of benzene rings is 6. The first-order valence-electron chi connectivity index (χ1n) is 19.4. The van der Waals surface area contributed by atoms with Crippen molar-refractivity contribution in [3.8, 4) is 56.0 Å². The SMILES string of the molecule is OCCCCCCOc1ccc(-c2ccc3c(c2)C2(c4ccccc4-3)c3ccccc3-c3ccc(-c4ccc(OCCCCCCO)cc4)cc32)cc1. The van der Waals surface area contributed by atoms with Gasteiger partial charge in [0.25, 0.3) is 0 Å². The van der Waals surface area contributed by atoms with E-state index in [1.807, 2.05) is 0 Å². The van der Waals surface area contributed by atoms with Crippen LogP contribution in [0.2, 0.25) is 0 Å². The molecule has 2 N–H and O–H groups in total. The van der Waals surface area contributed by atoms with Crippen molar-refractivity contribution in [2.75, 3.05) is 26.4 Å². The zero-order chi connectivity index (χ0) is 36.0. The lowest BCUT2D eigenvalue weighted by Gasteiger charge is -2.31. The minimum Gasteiger partial charge on any atom is -0.494 e. The van der Waals surface area contributed by atoms with Crippen LogP contribution in [0.1, 0.15) is 73.6 Å². The number of ether oxygens (including phenoxy) is 2. The van der Waals surface area contributed by atoms with Gasteiger partial charge in [-0.15, -0.1) is 0 Å². The molecule has 6 aromatic rings. The van der Waals surface area contributed by atoms with Gasteiger partial charge >= 0.3 is 0 Å². The molecule has 268 valence electrons. The van der Waals surface area contributed by atoms with Crippen LogP contribution in [0.3, 0.4) is 0 Å². The number of hydrogen-bond donors (Lipinski definition) is 2. The molecule has 0 saturated carbocycles. The molecule has 4 heteroatoms. The third-order valence-corrected chi connectivity index (χ3v) is 11.1. The molecule has 6 aromatic carbocycles. The van der Waals surface area contributed by atoms with E-state index < -0.39 is 5.41 Å². The highest BCUT2D eigenvalue weighted by Gasteiger charge is 2.51. The average molecular weight is 701 g/mol. The molecular weight excluding hydrogens is 653 g/mol. The van der Waals surface area contributed by atoms with E-state index in [2.05, 4.69) is 133 Å². The van der Waals surface area contributed by atoms with Gasteiger partial charge < -0.3 is 19.7 Å². The molecule has 0 amide bonds. The van der Waals surface area contributed by atoms with E-state index in [1.165, 1.54) is 66.8 Å². The molecular formula is C49H48O4. The maximum Gasteiger partial charge on any atom is 0.119 e. The van der Waals surface area contributed by atoms with Crippen LogP contribution in [0, 0.1) is 0 Å². The molecule has 0 bridgehead atoms. The topological polar surface area (TPSA) is 58.9 Å². The fourth-order valence-corrected chi connectivity index (χ4v) is 8.50. The fraction of sp³-hybridized carbons (Fsp3) is 0.265. The second-order valence-electron chi connectivity index (χ2n) is 14.4. The van der Waals surface area contributed by atoms with E-state index in [1.54, 1.807) is 0 Å². The van der Waals surface area contributed by atoms with Gasteiger partial charge in [0.05, 0.1) is 18.6 Å². The van der Waals surface area contributed by atoms with Crippen LogP contribution in [0.15, 0.2) is 133 Å². The van der Waals surface area contributed by atoms with Crippen molar-refractivity contribution in [2.24, 2.45) is 0 Å². The predicted octanol–water partition coefficient (Wildman–Crippen LogP) is 11.2. The molecule has 0 saturated heterocycles. The molecule has 0 aliphatic heterocycles. The first kappa shape index (κ1) is 34.9. The maximum atomic E-state index is 9.03. The summed E-state index contributed by atoms with van der Waals surface area (Å²) in [5.41, 5.74) is 14.8. The Kier molecular flexibility index (Phi) is 10.4. The van der Waals surface area contributed by atoms with Crippen molar-refractivity contribution in [2.45, 2.75) is 56.8 Å².